The second-order valence-corrected chi connectivity index (χ2v) is 5.83. The molecular formula is C13H19N3O2S. The standard InChI is InChI=1S/C13H19N3O2S/c1-9(2)19-13-11(5-4-6-16-13)12(18)15-8-7-14-10(3)17/h4-6,9H,7-8H2,1-3H3,(H,14,17)(H,15,18). The number of pyridine rings is 1. The Hall–Kier alpha value is -1.56. The van der Waals surface area contributed by atoms with Crippen molar-refractivity contribution in [2.45, 2.75) is 31.0 Å². The molecule has 0 fully saturated rings. The summed E-state index contributed by atoms with van der Waals surface area (Å²) in [6, 6.07) is 3.50. The second-order valence-electron chi connectivity index (χ2n) is 4.26. The van der Waals surface area contributed by atoms with Gasteiger partial charge in [-0.25, -0.2) is 4.98 Å². The Kier molecular flexibility index (Phi) is 6.35. The minimum atomic E-state index is -0.165. The van der Waals surface area contributed by atoms with E-state index in [9.17, 15) is 9.59 Å². The summed E-state index contributed by atoms with van der Waals surface area (Å²) in [5.74, 6) is -0.270. The minimum absolute atomic E-state index is 0.105. The molecule has 0 aromatic carbocycles. The van der Waals surface area contributed by atoms with E-state index in [0.29, 0.717) is 23.9 Å². The molecule has 0 saturated heterocycles. The van der Waals surface area contributed by atoms with Crippen molar-refractivity contribution in [2.75, 3.05) is 13.1 Å². The van der Waals surface area contributed by atoms with Gasteiger partial charge in [-0.3, -0.25) is 9.59 Å². The topological polar surface area (TPSA) is 71.1 Å². The zero-order valence-electron chi connectivity index (χ0n) is 11.4. The molecule has 0 aliphatic carbocycles. The third kappa shape index (κ3) is 5.74. The Morgan fingerprint density at radius 1 is 1.32 bits per heavy atom. The molecule has 1 aromatic rings. The van der Waals surface area contributed by atoms with Gasteiger partial charge in [0.05, 0.1) is 5.56 Å². The van der Waals surface area contributed by atoms with Crippen molar-refractivity contribution in [1.29, 1.82) is 0 Å². The number of carbonyl (C=O) groups excluding carboxylic acids is 2. The highest BCUT2D eigenvalue weighted by atomic mass is 32.2. The molecule has 0 aliphatic rings. The first-order valence-electron chi connectivity index (χ1n) is 6.15. The molecule has 5 nitrogen and oxygen atoms in total. The van der Waals surface area contributed by atoms with Crippen LogP contribution in [0.5, 0.6) is 0 Å². The Labute approximate surface area is 117 Å². The van der Waals surface area contributed by atoms with E-state index in [1.807, 2.05) is 0 Å². The second kappa shape index (κ2) is 7.78. The number of rotatable bonds is 6. The van der Waals surface area contributed by atoms with Gasteiger partial charge >= 0.3 is 0 Å². The Morgan fingerprint density at radius 2 is 2.00 bits per heavy atom. The van der Waals surface area contributed by atoms with Crippen LogP contribution in [0.4, 0.5) is 0 Å². The van der Waals surface area contributed by atoms with E-state index in [-0.39, 0.29) is 11.8 Å². The van der Waals surface area contributed by atoms with Crippen LogP contribution in [0.3, 0.4) is 0 Å². The van der Waals surface area contributed by atoms with Gasteiger partial charge < -0.3 is 10.6 Å². The van der Waals surface area contributed by atoms with Gasteiger partial charge in [0.2, 0.25) is 5.91 Å². The zero-order valence-corrected chi connectivity index (χ0v) is 12.2. The number of nitrogens with one attached hydrogen (secondary N) is 2. The lowest BCUT2D eigenvalue weighted by Gasteiger charge is -2.10. The number of thioether (sulfide) groups is 1. The van der Waals surface area contributed by atoms with Crippen LogP contribution in [0.15, 0.2) is 23.4 Å². The fourth-order valence-electron chi connectivity index (χ4n) is 1.39. The number of amides is 2. The van der Waals surface area contributed by atoms with E-state index in [0.717, 1.165) is 5.03 Å². The van der Waals surface area contributed by atoms with Crippen molar-refractivity contribution in [1.82, 2.24) is 15.6 Å². The molecule has 104 valence electrons. The number of hydrogen-bond acceptors (Lipinski definition) is 4. The van der Waals surface area contributed by atoms with Gasteiger partial charge in [-0.2, -0.15) is 0 Å². The third-order valence-corrected chi connectivity index (χ3v) is 3.17. The minimum Gasteiger partial charge on any atom is -0.355 e. The maximum absolute atomic E-state index is 12.0. The summed E-state index contributed by atoms with van der Waals surface area (Å²) in [5, 5.41) is 6.48. The molecule has 2 N–H and O–H groups in total. The summed E-state index contributed by atoms with van der Waals surface area (Å²) in [5.41, 5.74) is 0.573. The summed E-state index contributed by atoms with van der Waals surface area (Å²) in [7, 11) is 0. The van der Waals surface area contributed by atoms with E-state index >= 15 is 0 Å². The predicted octanol–water partition coefficient (Wildman–Crippen LogP) is 1.45. The van der Waals surface area contributed by atoms with Crippen LogP contribution in [-0.4, -0.2) is 35.1 Å². The van der Waals surface area contributed by atoms with Gasteiger partial charge in [0.15, 0.2) is 0 Å². The van der Waals surface area contributed by atoms with Crippen LogP contribution >= 0.6 is 11.8 Å². The molecule has 0 spiro atoms. The molecule has 1 rings (SSSR count). The molecule has 0 radical (unpaired) electrons. The van der Waals surface area contributed by atoms with Crippen molar-refractivity contribution in [3.05, 3.63) is 23.9 Å². The molecule has 0 atom stereocenters. The summed E-state index contributed by atoms with van der Waals surface area (Å²) >= 11 is 1.56. The maximum Gasteiger partial charge on any atom is 0.254 e. The van der Waals surface area contributed by atoms with Gasteiger partial charge in [-0.1, -0.05) is 13.8 Å². The monoisotopic (exact) mass is 281 g/mol. The highest BCUT2D eigenvalue weighted by Crippen LogP contribution is 2.23. The quantitative estimate of drug-likeness (QED) is 0.611. The van der Waals surface area contributed by atoms with Gasteiger partial charge in [-0.15, -0.1) is 11.8 Å². The Bertz CT molecular complexity index is 449. The SMILES string of the molecule is CC(=O)NCCNC(=O)c1cccnc1SC(C)C. The van der Waals surface area contributed by atoms with Gasteiger partial charge in [0.25, 0.3) is 5.91 Å². The molecule has 1 heterocycles. The lowest BCUT2D eigenvalue weighted by Crippen LogP contribution is -2.33. The zero-order chi connectivity index (χ0) is 14.3. The molecule has 1 aromatic heterocycles. The molecule has 6 heteroatoms. The van der Waals surface area contributed by atoms with E-state index < -0.39 is 0 Å². The molecule has 0 saturated carbocycles. The van der Waals surface area contributed by atoms with Crippen molar-refractivity contribution >= 4 is 23.6 Å². The molecule has 2 amide bonds. The summed E-state index contributed by atoms with van der Waals surface area (Å²) < 4.78 is 0. The van der Waals surface area contributed by atoms with Crippen LogP contribution in [0, 0.1) is 0 Å². The smallest absolute Gasteiger partial charge is 0.254 e. The van der Waals surface area contributed by atoms with Crippen LogP contribution < -0.4 is 10.6 Å². The highest BCUT2D eigenvalue weighted by molar-refractivity contribution is 7.99. The molecule has 0 aliphatic heterocycles. The number of carbonyl (C=O) groups is 2. The number of hydrogen-bond donors (Lipinski definition) is 2. The average Bonchev–Trinajstić information content (AvgIpc) is 2.34. The van der Waals surface area contributed by atoms with E-state index in [1.54, 1.807) is 30.1 Å². The van der Waals surface area contributed by atoms with E-state index in [2.05, 4.69) is 29.5 Å². The lowest BCUT2D eigenvalue weighted by molar-refractivity contribution is -0.118. The summed E-state index contributed by atoms with van der Waals surface area (Å²) in [6.45, 7) is 6.38. The first-order valence-corrected chi connectivity index (χ1v) is 7.03. The third-order valence-electron chi connectivity index (χ3n) is 2.15. The van der Waals surface area contributed by atoms with Crippen molar-refractivity contribution in [3.8, 4) is 0 Å². The van der Waals surface area contributed by atoms with Crippen molar-refractivity contribution < 1.29 is 9.59 Å². The summed E-state index contributed by atoms with van der Waals surface area (Å²) in [6.07, 6.45) is 1.68. The van der Waals surface area contributed by atoms with E-state index in [4.69, 9.17) is 0 Å². The average molecular weight is 281 g/mol. The molecular weight excluding hydrogens is 262 g/mol. The fraction of sp³-hybridized carbons (Fsp3) is 0.462. The fourth-order valence-corrected chi connectivity index (χ4v) is 2.25. The first kappa shape index (κ1) is 15.5. The normalized spacial score (nSPS) is 10.3. The Morgan fingerprint density at radius 3 is 2.63 bits per heavy atom. The van der Waals surface area contributed by atoms with Crippen LogP contribution in [0.1, 0.15) is 31.1 Å². The van der Waals surface area contributed by atoms with Crippen LogP contribution in [-0.2, 0) is 4.79 Å². The van der Waals surface area contributed by atoms with Crippen LogP contribution in [0.25, 0.3) is 0 Å². The molecule has 19 heavy (non-hydrogen) atoms. The highest BCUT2D eigenvalue weighted by Gasteiger charge is 2.13. The Balaban J connectivity index is 2.58. The first-order chi connectivity index (χ1) is 9.00. The molecule has 0 bridgehead atoms. The van der Waals surface area contributed by atoms with Gasteiger partial charge in [0, 0.05) is 31.5 Å². The predicted molar refractivity (Wildman–Crippen MR) is 76.2 cm³/mol. The van der Waals surface area contributed by atoms with Crippen LogP contribution in [0.2, 0.25) is 0 Å². The molecule has 0 unspecified atom stereocenters. The van der Waals surface area contributed by atoms with Crippen molar-refractivity contribution in [3.63, 3.8) is 0 Å². The van der Waals surface area contributed by atoms with Gasteiger partial charge in [0.1, 0.15) is 5.03 Å². The largest absolute Gasteiger partial charge is 0.355 e. The van der Waals surface area contributed by atoms with E-state index in [1.165, 1.54) is 6.92 Å². The number of nitrogens with zero attached hydrogens (tertiary/aromatic N) is 1. The van der Waals surface area contributed by atoms with Crippen molar-refractivity contribution in [2.24, 2.45) is 0 Å². The van der Waals surface area contributed by atoms with Gasteiger partial charge in [-0.05, 0) is 12.1 Å². The summed E-state index contributed by atoms with van der Waals surface area (Å²) in [4.78, 5) is 26.9. The maximum atomic E-state index is 12.0. The number of aromatic nitrogens is 1. The lowest BCUT2D eigenvalue weighted by atomic mass is 10.2.